The number of hydrogen-bond acceptors (Lipinski definition) is 3. The largest absolute Gasteiger partial charge is 0.343 e. The second-order valence-corrected chi connectivity index (χ2v) is 4.50. The molecule has 0 aromatic heterocycles. The summed E-state index contributed by atoms with van der Waals surface area (Å²) in [6.45, 7) is 12.1. The average molecular weight is 257 g/mol. The lowest BCUT2D eigenvalue weighted by Crippen LogP contribution is -2.34. The molecule has 1 amide bonds. The van der Waals surface area contributed by atoms with Gasteiger partial charge in [0, 0.05) is 19.5 Å². The number of unbranched alkanes of at least 4 members (excludes halogenated alkanes) is 1. The van der Waals surface area contributed by atoms with Crippen molar-refractivity contribution in [2.75, 3.05) is 39.3 Å². The molecule has 0 unspecified atom stereocenters. The molecule has 0 atom stereocenters. The van der Waals surface area contributed by atoms with E-state index in [1.807, 2.05) is 11.8 Å². The van der Waals surface area contributed by atoms with Crippen LogP contribution in [0, 0.1) is 0 Å². The van der Waals surface area contributed by atoms with Gasteiger partial charge in [0.1, 0.15) is 0 Å². The highest BCUT2D eigenvalue weighted by atomic mass is 16.2. The normalized spacial score (nSPS) is 10.6. The van der Waals surface area contributed by atoms with Crippen LogP contribution in [0.25, 0.3) is 0 Å². The number of hydrogen-bond donors (Lipinski definition) is 2. The molecule has 4 nitrogen and oxygen atoms in total. The Bertz CT molecular complexity index is 197. The van der Waals surface area contributed by atoms with Crippen molar-refractivity contribution < 1.29 is 4.79 Å². The van der Waals surface area contributed by atoms with Crippen LogP contribution in [0.5, 0.6) is 0 Å². The van der Waals surface area contributed by atoms with Gasteiger partial charge in [0.2, 0.25) is 5.91 Å². The molecule has 0 heterocycles. The van der Waals surface area contributed by atoms with Crippen LogP contribution in [0.15, 0.2) is 0 Å². The van der Waals surface area contributed by atoms with Gasteiger partial charge in [-0.15, -0.1) is 0 Å². The molecule has 0 bridgehead atoms. The van der Waals surface area contributed by atoms with E-state index in [0.717, 1.165) is 58.5 Å². The van der Waals surface area contributed by atoms with Crippen molar-refractivity contribution in [3.05, 3.63) is 0 Å². The highest BCUT2D eigenvalue weighted by Crippen LogP contribution is 2.00. The highest BCUT2D eigenvalue weighted by Gasteiger charge is 2.09. The fourth-order valence-electron chi connectivity index (χ4n) is 1.89. The fourth-order valence-corrected chi connectivity index (χ4v) is 1.89. The minimum atomic E-state index is 0.287. The first-order valence-corrected chi connectivity index (χ1v) is 7.45. The average Bonchev–Trinajstić information content (AvgIpc) is 2.40. The predicted octanol–water partition coefficient (Wildman–Crippen LogP) is 1.61. The SMILES string of the molecule is CCNCCCCN(CCCNCC)C(=O)CC. The van der Waals surface area contributed by atoms with Crippen LogP contribution in [0.2, 0.25) is 0 Å². The molecule has 4 heteroatoms. The Kier molecular flexibility index (Phi) is 12.4. The first-order valence-electron chi connectivity index (χ1n) is 7.45. The molecule has 0 aliphatic rings. The van der Waals surface area contributed by atoms with Gasteiger partial charge in [0.05, 0.1) is 0 Å². The molecule has 0 aliphatic heterocycles. The van der Waals surface area contributed by atoms with E-state index in [2.05, 4.69) is 24.5 Å². The van der Waals surface area contributed by atoms with Crippen LogP contribution in [-0.2, 0) is 4.79 Å². The van der Waals surface area contributed by atoms with Crippen LogP contribution >= 0.6 is 0 Å². The molecular formula is C14H31N3O. The lowest BCUT2D eigenvalue weighted by molar-refractivity contribution is -0.131. The van der Waals surface area contributed by atoms with Crippen LogP contribution in [-0.4, -0.2) is 50.1 Å². The summed E-state index contributed by atoms with van der Waals surface area (Å²) >= 11 is 0. The van der Waals surface area contributed by atoms with Crippen molar-refractivity contribution in [1.29, 1.82) is 0 Å². The van der Waals surface area contributed by atoms with E-state index in [1.54, 1.807) is 0 Å². The van der Waals surface area contributed by atoms with Gasteiger partial charge >= 0.3 is 0 Å². The van der Waals surface area contributed by atoms with E-state index in [0.29, 0.717) is 6.42 Å². The Labute approximate surface area is 113 Å². The maximum absolute atomic E-state index is 11.8. The zero-order chi connectivity index (χ0) is 13.6. The number of nitrogens with zero attached hydrogens (tertiary/aromatic N) is 1. The molecule has 0 aromatic carbocycles. The molecule has 0 saturated heterocycles. The Hall–Kier alpha value is -0.610. The summed E-state index contributed by atoms with van der Waals surface area (Å²) in [4.78, 5) is 13.8. The molecule has 0 aliphatic carbocycles. The smallest absolute Gasteiger partial charge is 0.222 e. The summed E-state index contributed by atoms with van der Waals surface area (Å²) < 4.78 is 0. The topological polar surface area (TPSA) is 44.4 Å². The summed E-state index contributed by atoms with van der Waals surface area (Å²) in [6.07, 6.45) is 3.91. The monoisotopic (exact) mass is 257 g/mol. The summed E-state index contributed by atoms with van der Waals surface area (Å²) in [5.41, 5.74) is 0. The molecule has 0 rings (SSSR count). The quantitative estimate of drug-likeness (QED) is 0.522. The third-order valence-electron chi connectivity index (χ3n) is 2.97. The molecule has 0 spiro atoms. The predicted molar refractivity (Wildman–Crippen MR) is 77.8 cm³/mol. The number of nitrogens with one attached hydrogen (secondary N) is 2. The van der Waals surface area contributed by atoms with Crippen molar-refractivity contribution in [1.82, 2.24) is 15.5 Å². The minimum Gasteiger partial charge on any atom is -0.343 e. The summed E-state index contributed by atoms with van der Waals surface area (Å²) in [7, 11) is 0. The first kappa shape index (κ1) is 17.4. The van der Waals surface area contributed by atoms with Gasteiger partial charge in [0.15, 0.2) is 0 Å². The second-order valence-electron chi connectivity index (χ2n) is 4.50. The first-order chi connectivity index (χ1) is 8.76. The lowest BCUT2D eigenvalue weighted by atomic mass is 10.2. The zero-order valence-electron chi connectivity index (χ0n) is 12.4. The Morgan fingerprint density at radius 1 is 0.889 bits per heavy atom. The Balaban J connectivity index is 3.74. The number of carbonyl (C=O) groups excluding carboxylic acids is 1. The van der Waals surface area contributed by atoms with Gasteiger partial charge in [-0.3, -0.25) is 4.79 Å². The maximum atomic E-state index is 11.8. The van der Waals surface area contributed by atoms with E-state index >= 15 is 0 Å². The van der Waals surface area contributed by atoms with Gasteiger partial charge in [-0.2, -0.15) is 0 Å². The number of rotatable bonds is 12. The van der Waals surface area contributed by atoms with Gasteiger partial charge in [0.25, 0.3) is 0 Å². The van der Waals surface area contributed by atoms with Crippen molar-refractivity contribution in [3.8, 4) is 0 Å². The third-order valence-corrected chi connectivity index (χ3v) is 2.97. The third kappa shape index (κ3) is 9.42. The minimum absolute atomic E-state index is 0.287. The zero-order valence-corrected chi connectivity index (χ0v) is 12.4. The van der Waals surface area contributed by atoms with Crippen LogP contribution < -0.4 is 10.6 Å². The Morgan fingerprint density at radius 3 is 2.00 bits per heavy atom. The van der Waals surface area contributed by atoms with Crippen molar-refractivity contribution >= 4 is 5.91 Å². The van der Waals surface area contributed by atoms with Gasteiger partial charge < -0.3 is 15.5 Å². The van der Waals surface area contributed by atoms with Crippen molar-refractivity contribution in [2.24, 2.45) is 0 Å². The van der Waals surface area contributed by atoms with Crippen LogP contribution in [0.1, 0.15) is 46.5 Å². The molecule has 0 fully saturated rings. The van der Waals surface area contributed by atoms with Crippen molar-refractivity contribution in [2.45, 2.75) is 46.5 Å². The standard InChI is InChI=1S/C14H31N3O/c1-4-14(18)17(13-9-11-16-6-3)12-8-7-10-15-5-2/h15-16H,4-13H2,1-3H3. The molecule has 0 radical (unpaired) electrons. The fraction of sp³-hybridized carbons (Fsp3) is 0.929. The molecule has 108 valence electrons. The van der Waals surface area contributed by atoms with Crippen LogP contribution in [0.3, 0.4) is 0 Å². The number of carbonyl (C=O) groups is 1. The second kappa shape index (κ2) is 12.8. The summed E-state index contributed by atoms with van der Waals surface area (Å²) in [5.74, 6) is 0.287. The summed E-state index contributed by atoms with van der Waals surface area (Å²) in [5, 5.41) is 6.61. The van der Waals surface area contributed by atoms with Gasteiger partial charge in [-0.25, -0.2) is 0 Å². The molecule has 2 N–H and O–H groups in total. The van der Waals surface area contributed by atoms with E-state index in [-0.39, 0.29) is 5.91 Å². The van der Waals surface area contributed by atoms with E-state index in [9.17, 15) is 4.79 Å². The molecular weight excluding hydrogens is 226 g/mol. The maximum Gasteiger partial charge on any atom is 0.222 e. The van der Waals surface area contributed by atoms with Gasteiger partial charge in [-0.1, -0.05) is 20.8 Å². The lowest BCUT2D eigenvalue weighted by Gasteiger charge is -2.22. The van der Waals surface area contributed by atoms with Gasteiger partial charge in [-0.05, 0) is 45.4 Å². The van der Waals surface area contributed by atoms with E-state index in [4.69, 9.17) is 0 Å². The molecule has 18 heavy (non-hydrogen) atoms. The molecule has 0 saturated carbocycles. The highest BCUT2D eigenvalue weighted by molar-refractivity contribution is 5.75. The van der Waals surface area contributed by atoms with Crippen molar-refractivity contribution in [3.63, 3.8) is 0 Å². The molecule has 0 aromatic rings. The number of amides is 1. The van der Waals surface area contributed by atoms with E-state index in [1.165, 1.54) is 0 Å². The van der Waals surface area contributed by atoms with Crippen LogP contribution in [0.4, 0.5) is 0 Å². The van der Waals surface area contributed by atoms with E-state index < -0.39 is 0 Å². The summed E-state index contributed by atoms with van der Waals surface area (Å²) in [6, 6.07) is 0. The Morgan fingerprint density at radius 2 is 1.44 bits per heavy atom.